The van der Waals surface area contributed by atoms with Crippen LogP contribution in [0.2, 0.25) is 0 Å². The third-order valence-electron chi connectivity index (χ3n) is 3.54. The molecule has 2 heterocycles. The number of carbonyl (C=O) groups excluding carboxylic acids is 1. The monoisotopic (exact) mass is 310 g/mol. The molecule has 2 aromatic heterocycles. The number of nitrogens with zero attached hydrogens (tertiary/aromatic N) is 1. The van der Waals surface area contributed by atoms with Crippen LogP contribution in [0.3, 0.4) is 0 Å². The summed E-state index contributed by atoms with van der Waals surface area (Å²) >= 11 is 0. The summed E-state index contributed by atoms with van der Waals surface area (Å²) in [6, 6.07) is 13.4. The van der Waals surface area contributed by atoms with Gasteiger partial charge in [-0.2, -0.15) is 0 Å². The van der Waals surface area contributed by atoms with E-state index in [4.69, 9.17) is 8.83 Å². The average Bonchev–Trinajstić information content (AvgIpc) is 3.21. The van der Waals surface area contributed by atoms with Crippen LogP contribution in [0.15, 0.2) is 57.6 Å². The number of hydrogen-bond acceptors (Lipinski definition) is 4. The summed E-state index contributed by atoms with van der Waals surface area (Å²) in [5.74, 6) is 2.05. The Morgan fingerprint density at radius 3 is 2.74 bits per heavy atom. The molecule has 0 aliphatic rings. The Kier molecular flexibility index (Phi) is 4.57. The molecule has 0 aliphatic carbocycles. The van der Waals surface area contributed by atoms with Crippen LogP contribution < -0.4 is 5.32 Å². The molecule has 0 saturated heterocycles. The van der Waals surface area contributed by atoms with E-state index in [9.17, 15) is 4.79 Å². The molecule has 0 aliphatic heterocycles. The molecule has 3 aromatic rings. The van der Waals surface area contributed by atoms with Crippen molar-refractivity contribution < 1.29 is 13.6 Å². The van der Waals surface area contributed by atoms with Gasteiger partial charge in [0.25, 0.3) is 0 Å². The molecule has 0 spiro atoms. The highest BCUT2D eigenvalue weighted by Gasteiger charge is 2.12. The Bertz CT molecular complexity index is 761. The van der Waals surface area contributed by atoms with Gasteiger partial charge in [0.2, 0.25) is 11.8 Å². The molecule has 1 aromatic carbocycles. The van der Waals surface area contributed by atoms with Gasteiger partial charge in [0.15, 0.2) is 0 Å². The van der Waals surface area contributed by atoms with Crippen molar-refractivity contribution in [2.45, 2.75) is 26.3 Å². The molecular weight excluding hydrogens is 292 g/mol. The zero-order valence-electron chi connectivity index (χ0n) is 12.9. The molecule has 0 radical (unpaired) electrons. The van der Waals surface area contributed by atoms with Gasteiger partial charge in [-0.25, -0.2) is 4.98 Å². The van der Waals surface area contributed by atoms with Gasteiger partial charge in [-0.3, -0.25) is 4.79 Å². The van der Waals surface area contributed by atoms with E-state index in [-0.39, 0.29) is 5.91 Å². The van der Waals surface area contributed by atoms with Crippen LogP contribution in [0, 0.1) is 6.92 Å². The number of furan rings is 1. The van der Waals surface area contributed by atoms with Gasteiger partial charge in [0, 0.05) is 18.4 Å². The maximum Gasteiger partial charge on any atom is 0.226 e. The molecule has 5 heteroatoms. The molecule has 3 rings (SSSR count). The van der Waals surface area contributed by atoms with E-state index in [1.165, 1.54) is 0 Å². The minimum absolute atomic E-state index is 0.0370. The fourth-order valence-electron chi connectivity index (χ4n) is 2.28. The van der Waals surface area contributed by atoms with Gasteiger partial charge >= 0.3 is 0 Å². The third kappa shape index (κ3) is 3.88. The highest BCUT2D eigenvalue weighted by atomic mass is 16.4. The van der Waals surface area contributed by atoms with E-state index in [0.29, 0.717) is 25.3 Å². The maximum atomic E-state index is 11.9. The van der Waals surface area contributed by atoms with Crippen molar-refractivity contribution in [3.8, 4) is 11.5 Å². The predicted octanol–water partition coefficient (Wildman–Crippen LogP) is 3.49. The van der Waals surface area contributed by atoms with Gasteiger partial charge < -0.3 is 14.2 Å². The Hall–Kier alpha value is -2.82. The summed E-state index contributed by atoms with van der Waals surface area (Å²) in [5.41, 5.74) is 1.75. The van der Waals surface area contributed by atoms with Crippen molar-refractivity contribution in [2.24, 2.45) is 0 Å². The fourth-order valence-corrected chi connectivity index (χ4v) is 2.28. The second kappa shape index (κ2) is 6.96. The van der Waals surface area contributed by atoms with Gasteiger partial charge in [0.05, 0.1) is 18.5 Å². The minimum Gasteiger partial charge on any atom is -0.467 e. The molecule has 5 nitrogen and oxygen atoms in total. The Labute approximate surface area is 134 Å². The van der Waals surface area contributed by atoms with Crippen LogP contribution in [0.4, 0.5) is 0 Å². The molecular formula is C18H18N2O3. The lowest BCUT2D eigenvalue weighted by molar-refractivity contribution is -0.121. The second-order valence-electron chi connectivity index (χ2n) is 5.24. The molecule has 23 heavy (non-hydrogen) atoms. The lowest BCUT2D eigenvalue weighted by Gasteiger charge is -2.02. The quantitative estimate of drug-likeness (QED) is 0.756. The standard InChI is InChI=1S/C18H18N2O3/c1-13-16(20-18(23-13)14-6-3-2-4-7-14)9-10-17(21)19-12-15-8-5-11-22-15/h2-8,11H,9-10,12H2,1H3,(H,19,21). The van der Waals surface area contributed by atoms with E-state index < -0.39 is 0 Å². The first-order chi connectivity index (χ1) is 11.2. The minimum atomic E-state index is -0.0370. The van der Waals surface area contributed by atoms with Crippen molar-refractivity contribution in [1.82, 2.24) is 10.3 Å². The number of aromatic nitrogens is 1. The third-order valence-corrected chi connectivity index (χ3v) is 3.54. The molecule has 1 N–H and O–H groups in total. The van der Waals surface area contributed by atoms with E-state index in [1.54, 1.807) is 12.3 Å². The zero-order chi connectivity index (χ0) is 16.1. The van der Waals surface area contributed by atoms with E-state index in [1.807, 2.05) is 43.3 Å². The summed E-state index contributed by atoms with van der Waals surface area (Å²) in [6.45, 7) is 2.27. The van der Waals surface area contributed by atoms with Crippen LogP contribution in [-0.4, -0.2) is 10.9 Å². The van der Waals surface area contributed by atoms with Crippen molar-refractivity contribution in [3.05, 3.63) is 65.9 Å². The lowest BCUT2D eigenvalue weighted by Crippen LogP contribution is -2.22. The molecule has 0 unspecified atom stereocenters. The molecule has 0 saturated carbocycles. The number of aryl methyl sites for hydroxylation is 2. The first-order valence-corrected chi connectivity index (χ1v) is 7.53. The van der Waals surface area contributed by atoms with Crippen LogP contribution in [-0.2, 0) is 17.8 Å². The predicted molar refractivity (Wildman–Crippen MR) is 85.6 cm³/mol. The number of oxazole rings is 1. The Morgan fingerprint density at radius 1 is 1.17 bits per heavy atom. The SMILES string of the molecule is Cc1oc(-c2ccccc2)nc1CCC(=O)NCc1ccco1. The smallest absolute Gasteiger partial charge is 0.226 e. The number of rotatable bonds is 6. The van der Waals surface area contributed by atoms with Crippen molar-refractivity contribution >= 4 is 5.91 Å². The van der Waals surface area contributed by atoms with Crippen LogP contribution in [0.5, 0.6) is 0 Å². The summed E-state index contributed by atoms with van der Waals surface area (Å²) in [5, 5.41) is 2.82. The first-order valence-electron chi connectivity index (χ1n) is 7.53. The topological polar surface area (TPSA) is 68.3 Å². The van der Waals surface area contributed by atoms with Crippen LogP contribution in [0.25, 0.3) is 11.5 Å². The van der Waals surface area contributed by atoms with Gasteiger partial charge in [-0.1, -0.05) is 18.2 Å². The van der Waals surface area contributed by atoms with Gasteiger partial charge in [-0.05, 0) is 31.2 Å². The highest BCUT2D eigenvalue weighted by molar-refractivity contribution is 5.76. The molecule has 0 atom stereocenters. The van der Waals surface area contributed by atoms with Crippen molar-refractivity contribution in [3.63, 3.8) is 0 Å². The number of nitrogens with one attached hydrogen (secondary N) is 1. The number of benzene rings is 1. The zero-order valence-corrected chi connectivity index (χ0v) is 12.9. The molecule has 0 bridgehead atoms. The summed E-state index contributed by atoms with van der Waals surface area (Å²) in [6.07, 6.45) is 2.50. The molecule has 118 valence electrons. The first kappa shape index (κ1) is 15.1. The lowest BCUT2D eigenvalue weighted by atomic mass is 10.2. The van der Waals surface area contributed by atoms with E-state index >= 15 is 0 Å². The summed E-state index contributed by atoms with van der Waals surface area (Å²) in [4.78, 5) is 16.4. The highest BCUT2D eigenvalue weighted by Crippen LogP contribution is 2.22. The maximum absolute atomic E-state index is 11.9. The number of amides is 1. The summed E-state index contributed by atoms with van der Waals surface area (Å²) in [7, 11) is 0. The average molecular weight is 310 g/mol. The van der Waals surface area contributed by atoms with Gasteiger partial charge in [0.1, 0.15) is 11.5 Å². The molecule has 0 fully saturated rings. The van der Waals surface area contributed by atoms with E-state index in [2.05, 4.69) is 10.3 Å². The summed E-state index contributed by atoms with van der Waals surface area (Å²) < 4.78 is 10.9. The fraction of sp³-hybridized carbons (Fsp3) is 0.222. The second-order valence-corrected chi connectivity index (χ2v) is 5.24. The van der Waals surface area contributed by atoms with Crippen molar-refractivity contribution in [1.29, 1.82) is 0 Å². The number of hydrogen-bond donors (Lipinski definition) is 1. The molecule has 1 amide bonds. The van der Waals surface area contributed by atoms with Gasteiger partial charge in [-0.15, -0.1) is 0 Å². The Balaban J connectivity index is 1.56. The van der Waals surface area contributed by atoms with Crippen LogP contribution in [0.1, 0.15) is 23.6 Å². The van der Waals surface area contributed by atoms with Crippen LogP contribution >= 0.6 is 0 Å². The largest absolute Gasteiger partial charge is 0.467 e. The number of carbonyl (C=O) groups is 1. The van der Waals surface area contributed by atoms with E-state index in [0.717, 1.165) is 22.8 Å². The Morgan fingerprint density at radius 2 is 2.00 bits per heavy atom. The normalized spacial score (nSPS) is 10.7. The van der Waals surface area contributed by atoms with Crippen molar-refractivity contribution in [2.75, 3.05) is 0 Å².